The van der Waals surface area contributed by atoms with Crippen molar-refractivity contribution in [3.8, 4) is 0 Å². The maximum Gasteiger partial charge on any atom is 0.226 e. The molecular weight excluding hydrogens is 324 g/mol. The average molecular weight is 351 g/mol. The van der Waals surface area contributed by atoms with E-state index in [-0.39, 0.29) is 11.4 Å². The molecule has 1 saturated carbocycles. The van der Waals surface area contributed by atoms with Crippen LogP contribution in [0.15, 0.2) is 6.33 Å². The molecular formula is C17H27ClN6. The molecule has 1 unspecified atom stereocenters. The molecule has 24 heavy (non-hydrogen) atoms. The third kappa shape index (κ3) is 3.35. The van der Waals surface area contributed by atoms with Crippen molar-refractivity contribution in [2.75, 3.05) is 18.4 Å². The molecule has 132 valence electrons. The molecule has 1 N–H and O–H groups in total. The summed E-state index contributed by atoms with van der Waals surface area (Å²) in [6, 6.07) is 0.485. The van der Waals surface area contributed by atoms with E-state index in [0.29, 0.717) is 6.04 Å². The number of aromatic nitrogens is 4. The second-order valence-corrected chi connectivity index (χ2v) is 6.73. The van der Waals surface area contributed by atoms with Crippen LogP contribution in [0.4, 0.5) is 5.82 Å². The van der Waals surface area contributed by atoms with Gasteiger partial charge in [0.05, 0.1) is 12.5 Å². The number of nitrogens with zero attached hydrogens (tertiary/aromatic N) is 5. The molecule has 0 saturated heterocycles. The fourth-order valence-electron chi connectivity index (χ4n) is 3.71. The highest BCUT2D eigenvalue weighted by Gasteiger charge is 2.23. The minimum absolute atomic E-state index is 0.214. The van der Waals surface area contributed by atoms with Gasteiger partial charge in [-0.3, -0.25) is 4.90 Å². The molecule has 2 heterocycles. The molecule has 1 aliphatic carbocycles. The summed E-state index contributed by atoms with van der Waals surface area (Å²) in [4.78, 5) is 15.9. The standard InChI is InChI=1S/C17H27ClN6/c1-4-13(23(5-2)6-3)20-15-14-16(22-17(18)21-15)24(11-19-14)12-9-7-8-10-12/h11-13H,4-10H2,1-3H3,(H,20,21,22). The number of nitrogens with one attached hydrogen (secondary N) is 1. The molecule has 0 spiro atoms. The number of fused-ring (bicyclic) bond motifs is 1. The molecule has 1 fully saturated rings. The summed E-state index contributed by atoms with van der Waals surface area (Å²) < 4.78 is 2.18. The van der Waals surface area contributed by atoms with Crippen LogP contribution in [0.2, 0.25) is 5.28 Å². The van der Waals surface area contributed by atoms with Crippen molar-refractivity contribution in [1.82, 2.24) is 24.4 Å². The van der Waals surface area contributed by atoms with Crippen LogP contribution in [0.5, 0.6) is 0 Å². The molecule has 1 atom stereocenters. The molecule has 2 aromatic rings. The first-order valence-electron chi connectivity index (χ1n) is 9.08. The fourth-order valence-corrected chi connectivity index (χ4v) is 3.88. The van der Waals surface area contributed by atoms with E-state index in [1.165, 1.54) is 25.7 Å². The Balaban J connectivity index is 1.95. The van der Waals surface area contributed by atoms with Crippen molar-refractivity contribution in [2.24, 2.45) is 0 Å². The van der Waals surface area contributed by atoms with E-state index in [1.807, 2.05) is 6.33 Å². The second-order valence-electron chi connectivity index (χ2n) is 6.39. The molecule has 0 radical (unpaired) electrons. The minimum atomic E-state index is 0.214. The number of hydrogen-bond acceptors (Lipinski definition) is 5. The highest BCUT2D eigenvalue weighted by Crippen LogP contribution is 2.33. The molecule has 0 amide bonds. The van der Waals surface area contributed by atoms with Gasteiger partial charge in [0.25, 0.3) is 0 Å². The zero-order valence-electron chi connectivity index (χ0n) is 14.8. The molecule has 3 rings (SSSR count). The summed E-state index contributed by atoms with van der Waals surface area (Å²) in [5.74, 6) is 0.737. The Morgan fingerprint density at radius 2 is 1.96 bits per heavy atom. The van der Waals surface area contributed by atoms with Crippen LogP contribution < -0.4 is 5.32 Å². The van der Waals surface area contributed by atoms with Crippen LogP contribution in [0.1, 0.15) is 58.9 Å². The van der Waals surface area contributed by atoms with Crippen LogP contribution in [-0.2, 0) is 0 Å². The Morgan fingerprint density at radius 3 is 2.58 bits per heavy atom. The Labute approximate surface area is 148 Å². The SMILES string of the molecule is CCC(Nc1nc(Cl)nc2c1ncn2C1CCCC1)N(CC)CC. The van der Waals surface area contributed by atoms with Gasteiger partial charge in [-0.25, -0.2) is 4.98 Å². The molecule has 2 aromatic heterocycles. The van der Waals surface area contributed by atoms with Gasteiger partial charge in [-0.15, -0.1) is 0 Å². The van der Waals surface area contributed by atoms with Crippen molar-refractivity contribution < 1.29 is 0 Å². The predicted octanol–water partition coefficient (Wildman–Crippen LogP) is 4.08. The molecule has 7 heteroatoms. The first-order valence-corrected chi connectivity index (χ1v) is 9.46. The van der Waals surface area contributed by atoms with Crippen LogP contribution in [0, 0.1) is 0 Å². The van der Waals surface area contributed by atoms with Gasteiger partial charge in [0.1, 0.15) is 0 Å². The summed E-state index contributed by atoms with van der Waals surface area (Å²) in [7, 11) is 0. The first kappa shape index (κ1) is 17.4. The second kappa shape index (κ2) is 7.66. The summed E-state index contributed by atoms with van der Waals surface area (Å²) in [6.45, 7) is 8.49. The number of halogens is 1. The average Bonchev–Trinajstić information content (AvgIpc) is 3.23. The van der Waals surface area contributed by atoms with Crippen molar-refractivity contribution in [1.29, 1.82) is 0 Å². The minimum Gasteiger partial charge on any atom is -0.353 e. The smallest absolute Gasteiger partial charge is 0.226 e. The quantitative estimate of drug-likeness (QED) is 0.602. The van der Waals surface area contributed by atoms with Gasteiger partial charge in [-0.1, -0.05) is 33.6 Å². The molecule has 0 aliphatic heterocycles. The van der Waals surface area contributed by atoms with E-state index >= 15 is 0 Å². The lowest BCUT2D eigenvalue weighted by Gasteiger charge is -2.29. The van der Waals surface area contributed by atoms with Gasteiger partial charge < -0.3 is 9.88 Å². The van der Waals surface area contributed by atoms with Crippen LogP contribution in [0.3, 0.4) is 0 Å². The number of rotatable bonds is 7. The summed E-state index contributed by atoms with van der Waals surface area (Å²) in [5, 5.41) is 3.81. The van der Waals surface area contributed by atoms with Gasteiger partial charge in [0.15, 0.2) is 17.0 Å². The third-order valence-corrected chi connectivity index (χ3v) is 5.22. The van der Waals surface area contributed by atoms with E-state index in [2.05, 4.69) is 50.5 Å². The normalized spacial score (nSPS) is 17.0. The van der Waals surface area contributed by atoms with Gasteiger partial charge >= 0.3 is 0 Å². The summed E-state index contributed by atoms with van der Waals surface area (Å²) in [5.41, 5.74) is 1.66. The van der Waals surface area contributed by atoms with Crippen molar-refractivity contribution in [3.05, 3.63) is 11.6 Å². The lowest BCUT2D eigenvalue weighted by Crippen LogP contribution is -2.40. The van der Waals surface area contributed by atoms with Crippen molar-refractivity contribution in [2.45, 2.75) is 65.1 Å². The lowest BCUT2D eigenvalue weighted by molar-refractivity contribution is 0.233. The highest BCUT2D eigenvalue weighted by atomic mass is 35.5. The summed E-state index contributed by atoms with van der Waals surface area (Å²) in [6.07, 6.45) is 8.01. The third-order valence-electron chi connectivity index (χ3n) is 5.06. The topological polar surface area (TPSA) is 58.9 Å². The monoisotopic (exact) mass is 350 g/mol. The van der Waals surface area contributed by atoms with E-state index in [9.17, 15) is 0 Å². The summed E-state index contributed by atoms with van der Waals surface area (Å²) >= 11 is 6.22. The predicted molar refractivity (Wildman–Crippen MR) is 98.5 cm³/mol. The number of hydrogen-bond donors (Lipinski definition) is 1. The molecule has 1 aliphatic rings. The van der Waals surface area contributed by atoms with Crippen LogP contribution in [-0.4, -0.2) is 43.7 Å². The van der Waals surface area contributed by atoms with Crippen LogP contribution in [0.25, 0.3) is 11.2 Å². The Kier molecular flexibility index (Phi) is 5.56. The van der Waals surface area contributed by atoms with E-state index in [4.69, 9.17) is 11.6 Å². The fraction of sp³-hybridized carbons (Fsp3) is 0.706. The largest absolute Gasteiger partial charge is 0.353 e. The molecule has 6 nitrogen and oxygen atoms in total. The Morgan fingerprint density at radius 1 is 1.25 bits per heavy atom. The van der Waals surface area contributed by atoms with E-state index in [0.717, 1.165) is 36.5 Å². The Bertz CT molecular complexity index is 675. The van der Waals surface area contributed by atoms with E-state index in [1.54, 1.807) is 0 Å². The van der Waals surface area contributed by atoms with Gasteiger partial charge in [0.2, 0.25) is 5.28 Å². The van der Waals surface area contributed by atoms with E-state index < -0.39 is 0 Å². The number of imidazole rings is 1. The first-order chi connectivity index (χ1) is 11.7. The Hall–Kier alpha value is -1.40. The zero-order valence-corrected chi connectivity index (χ0v) is 15.6. The maximum atomic E-state index is 6.22. The molecule has 0 bridgehead atoms. The van der Waals surface area contributed by atoms with Crippen molar-refractivity contribution >= 4 is 28.6 Å². The zero-order chi connectivity index (χ0) is 17.1. The van der Waals surface area contributed by atoms with Crippen LogP contribution >= 0.6 is 11.6 Å². The molecule has 0 aromatic carbocycles. The van der Waals surface area contributed by atoms with Gasteiger partial charge in [-0.2, -0.15) is 9.97 Å². The number of anilines is 1. The highest BCUT2D eigenvalue weighted by molar-refractivity contribution is 6.28. The van der Waals surface area contributed by atoms with Gasteiger partial charge in [0, 0.05) is 6.04 Å². The van der Waals surface area contributed by atoms with Crippen molar-refractivity contribution in [3.63, 3.8) is 0 Å². The van der Waals surface area contributed by atoms with Gasteiger partial charge in [-0.05, 0) is 44.0 Å². The maximum absolute atomic E-state index is 6.22. The lowest BCUT2D eigenvalue weighted by atomic mass is 10.2.